The van der Waals surface area contributed by atoms with Crippen molar-refractivity contribution in [3.05, 3.63) is 28.3 Å². The fourth-order valence-corrected chi connectivity index (χ4v) is 2.01. The molecule has 0 radical (unpaired) electrons. The third-order valence-corrected chi connectivity index (χ3v) is 2.89. The number of phenols is 1. The largest absolute Gasteiger partial charge is 0.504 e. The van der Waals surface area contributed by atoms with E-state index in [0.717, 1.165) is 19.4 Å². The molecule has 2 N–H and O–H groups in total. The summed E-state index contributed by atoms with van der Waals surface area (Å²) < 4.78 is 26.6. The Bertz CT molecular complexity index is 391. The lowest BCUT2D eigenvalue weighted by Crippen LogP contribution is -2.15. The summed E-state index contributed by atoms with van der Waals surface area (Å²) in [5.41, 5.74) is 0.188. The molecule has 1 aromatic carbocycles. The van der Waals surface area contributed by atoms with E-state index in [0.29, 0.717) is 0 Å². The topological polar surface area (TPSA) is 32.3 Å². The van der Waals surface area contributed by atoms with Gasteiger partial charge in [0.15, 0.2) is 11.6 Å². The van der Waals surface area contributed by atoms with Gasteiger partial charge in [-0.05, 0) is 25.5 Å². The van der Waals surface area contributed by atoms with Crippen LogP contribution < -0.4 is 5.32 Å². The van der Waals surface area contributed by atoms with Gasteiger partial charge in [-0.3, -0.25) is 0 Å². The van der Waals surface area contributed by atoms with Crippen LogP contribution in [0.5, 0.6) is 5.75 Å². The molecule has 0 saturated carbocycles. The number of halogens is 3. The van der Waals surface area contributed by atoms with E-state index in [1.54, 1.807) is 0 Å². The fourth-order valence-electron chi connectivity index (χ4n) is 1.81. The van der Waals surface area contributed by atoms with Crippen LogP contribution in [0.3, 0.4) is 0 Å². The minimum Gasteiger partial charge on any atom is -0.504 e. The van der Waals surface area contributed by atoms with Gasteiger partial charge < -0.3 is 10.4 Å². The molecule has 0 spiro atoms. The average Bonchev–Trinajstić information content (AvgIpc) is 2.73. The molecule has 1 aromatic rings. The molecular formula is C10H10ClF2NO. The van der Waals surface area contributed by atoms with Crippen molar-refractivity contribution >= 4 is 11.6 Å². The van der Waals surface area contributed by atoms with Gasteiger partial charge in [0.25, 0.3) is 0 Å². The number of aromatic hydroxyl groups is 1. The van der Waals surface area contributed by atoms with Crippen LogP contribution >= 0.6 is 11.6 Å². The zero-order valence-electron chi connectivity index (χ0n) is 7.86. The average molecular weight is 234 g/mol. The van der Waals surface area contributed by atoms with Crippen molar-refractivity contribution in [3.8, 4) is 5.75 Å². The predicted molar refractivity (Wildman–Crippen MR) is 53.0 cm³/mol. The van der Waals surface area contributed by atoms with E-state index >= 15 is 0 Å². The van der Waals surface area contributed by atoms with Crippen molar-refractivity contribution in [3.63, 3.8) is 0 Å². The standard InChI is InChI=1S/C10H10ClF2NO/c11-6-4-5(7-2-1-3-14-7)8(12)9(13)10(6)15/h4,7,14-15H,1-3H2. The Morgan fingerprint density at radius 2 is 2.13 bits per heavy atom. The highest BCUT2D eigenvalue weighted by atomic mass is 35.5. The smallest absolute Gasteiger partial charge is 0.202 e. The number of phenolic OH excluding ortho intramolecular Hbond substituents is 1. The predicted octanol–water partition coefficient (Wildman–Crippen LogP) is 2.75. The van der Waals surface area contributed by atoms with Crippen molar-refractivity contribution in [2.75, 3.05) is 6.54 Å². The van der Waals surface area contributed by atoms with Gasteiger partial charge in [0, 0.05) is 11.6 Å². The summed E-state index contributed by atoms with van der Waals surface area (Å²) in [7, 11) is 0. The summed E-state index contributed by atoms with van der Waals surface area (Å²) in [4.78, 5) is 0. The number of hydrogen-bond acceptors (Lipinski definition) is 2. The van der Waals surface area contributed by atoms with Gasteiger partial charge in [-0.1, -0.05) is 11.6 Å². The Morgan fingerprint density at radius 1 is 1.40 bits per heavy atom. The Balaban J connectivity index is 2.47. The molecule has 1 unspecified atom stereocenters. The first kappa shape index (κ1) is 10.6. The molecule has 5 heteroatoms. The minimum absolute atomic E-state index is 0.155. The van der Waals surface area contributed by atoms with Crippen LogP contribution in [0.1, 0.15) is 24.4 Å². The molecule has 0 aromatic heterocycles. The Labute approximate surface area is 90.9 Å². The maximum Gasteiger partial charge on any atom is 0.202 e. The van der Waals surface area contributed by atoms with E-state index in [4.69, 9.17) is 16.7 Å². The second-order valence-electron chi connectivity index (χ2n) is 3.57. The summed E-state index contributed by atoms with van der Waals surface area (Å²) in [6.45, 7) is 0.782. The number of hydrogen-bond donors (Lipinski definition) is 2. The van der Waals surface area contributed by atoms with Gasteiger partial charge in [-0.25, -0.2) is 4.39 Å². The van der Waals surface area contributed by atoms with E-state index in [1.165, 1.54) is 6.07 Å². The second kappa shape index (κ2) is 3.94. The van der Waals surface area contributed by atoms with Crippen LogP contribution in [-0.2, 0) is 0 Å². The van der Waals surface area contributed by atoms with Crippen LogP contribution in [0.4, 0.5) is 8.78 Å². The number of rotatable bonds is 1. The van der Waals surface area contributed by atoms with Crippen LogP contribution in [0.25, 0.3) is 0 Å². The van der Waals surface area contributed by atoms with Crippen LogP contribution in [0, 0.1) is 11.6 Å². The van der Waals surface area contributed by atoms with Crippen molar-refractivity contribution in [1.82, 2.24) is 5.32 Å². The molecule has 2 nitrogen and oxygen atoms in total. The molecule has 15 heavy (non-hydrogen) atoms. The molecule has 1 atom stereocenters. The van der Waals surface area contributed by atoms with Gasteiger partial charge >= 0.3 is 0 Å². The molecular weight excluding hydrogens is 224 g/mol. The first-order chi connectivity index (χ1) is 7.11. The van der Waals surface area contributed by atoms with Crippen molar-refractivity contribution in [2.24, 2.45) is 0 Å². The highest BCUT2D eigenvalue weighted by Crippen LogP contribution is 2.35. The lowest BCUT2D eigenvalue weighted by Gasteiger charge is -2.13. The SMILES string of the molecule is Oc1c(Cl)cc(C2CCCN2)c(F)c1F. The monoisotopic (exact) mass is 233 g/mol. The van der Waals surface area contributed by atoms with E-state index in [-0.39, 0.29) is 16.6 Å². The molecule has 0 aliphatic carbocycles. The molecule has 0 amide bonds. The third kappa shape index (κ3) is 1.79. The van der Waals surface area contributed by atoms with Crippen LogP contribution in [0.15, 0.2) is 6.07 Å². The van der Waals surface area contributed by atoms with Gasteiger partial charge in [-0.2, -0.15) is 4.39 Å². The van der Waals surface area contributed by atoms with Gasteiger partial charge in [0.05, 0.1) is 5.02 Å². The lowest BCUT2D eigenvalue weighted by atomic mass is 10.0. The molecule has 1 aliphatic rings. The first-order valence-electron chi connectivity index (χ1n) is 4.71. The minimum atomic E-state index is -1.27. The molecule has 0 bridgehead atoms. The third-order valence-electron chi connectivity index (χ3n) is 2.60. The normalized spacial score (nSPS) is 20.9. The van der Waals surface area contributed by atoms with Crippen LogP contribution in [0.2, 0.25) is 5.02 Å². The second-order valence-corrected chi connectivity index (χ2v) is 3.98. The Morgan fingerprint density at radius 3 is 2.73 bits per heavy atom. The maximum atomic E-state index is 13.5. The molecule has 1 aliphatic heterocycles. The summed E-state index contributed by atoms with van der Waals surface area (Å²) in [5, 5.41) is 12.0. The summed E-state index contributed by atoms with van der Waals surface area (Å²) in [6, 6.07) is 1.07. The fraction of sp³-hybridized carbons (Fsp3) is 0.400. The summed E-state index contributed by atoms with van der Waals surface area (Å²) in [6.07, 6.45) is 1.67. The Kier molecular flexibility index (Phi) is 2.80. The summed E-state index contributed by atoms with van der Waals surface area (Å²) in [5.74, 6) is -3.11. The molecule has 82 valence electrons. The van der Waals surface area contributed by atoms with Gasteiger partial charge in [0.2, 0.25) is 5.82 Å². The van der Waals surface area contributed by atoms with E-state index in [2.05, 4.69) is 5.32 Å². The molecule has 2 rings (SSSR count). The van der Waals surface area contributed by atoms with Crippen LogP contribution in [-0.4, -0.2) is 11.7 Å². The first-order valence-corrected chi connectivity index (χ1v) is 5.09. The number of benzene rings is 1. The highest BCUT2D eigenvalue weighted by molar-refractivity contribution is 6.32. The highest BCUT2D eigenvalue weighted by Gasteiger charge is 2.24. The van der Waals surface area contributed by atoms with Gasteiger partial charge in [0.1, 0.15) is 0 Å². The van der Waals surface area contributed by atoms with Crippen molar-refractivity contribution < 1.29 is 13.9 Å². The zero-order valence-corrected chi connectivity index (χ0v) is 8.61. The van der Waals surface area contributed by atoms with E-state index < -0.39 is 17.4 Å². The maximum absolute atomic E-state index is 13.5. The van der Waals surface area contributed by atoms with E-state index in [1.807, 2.05) is 0 Å². The molecule has 1 fully saturated rings. The zero-order chi connectivity index (χ0) is 11.0. The van der Waals surface area contributed by atoms with Crippen molar-refractivity contribution in [1.29, 1.82) is 0 Å². The Hall–Kier alpha value is -0.870. The van der Waals surface area contributed by atoms with Gasteiger partial charge in [-0.15, -0.1) is 0 Å². The molecule has 1 saturated heterocycles. The van der Waals surface area contributed by atoms with E-state index in [9.17, 15) is 8.78 Å². The van der Waals surface area contributed by atoms with Crippen molar-refractivity contribution in [2.45, 2.75) is 18.9 Å². The summed E-state index contributed by atoms with van der Waals surface area (Å²) >= 11 is 5.59. The lowest BCUT2D eigenvalue weighted by molar-refractivity contribution is 0.400. The molecule has 1 heterocycles. The quantitative estimate of drug-likeness (QED) is 0.731. The number of nitrogens with one attached hydrogen (secondary N) is 1.